The minimum atomic E-state index is -1.60. The van der Waals surface area contributed by atoms with Gasteiger partial charge in [0.15, 0.2) is 12.6 Å². The van der Waals surface area contributed by atoms with Gasteiger partial charge in [0.2, 0.25) is 5.91 Å². The third-order valence-corrected chi connectivity index (χ3v) is 14.5. The molecule has 0 aromatic rings. The molecule has 16 atom stereocenters. The van der Waals surface area contributed by atoms with Crippen molar-refractivity contribution in [1.29, 1.82) is 0 Å². The molecule has 0 aromatic heterocycles. The Morgan fingerprint density at radius 2 is 0.868 bits per heavy atom. The van der Waals surface area contributed by atoms with E-state index in [9.17, 15) is 65.8 Å². The maximum Gasteiger partial charge on any atom is 0.306 e. The lowest BCUT2D eigenvalue weighted by Gasteiger charge is -2.40. The fourth-order valence-corrected chi connectivity index (χ4v) is 9.47. The van der Waals surface area contributed by atoms with Gasteiger partial charge in [-0.05, 0) is 32.1 Å². The SMILES string of the molecule is CCCCCCCCCCCCCC[C@@H](O)[C@@H](O)[C@H](CO[C@H]1OC(CO)[C@H](O)[C@H](O)C1O)NC(=O)CCC.CCCCCCCCCCCCCC[C@@H](OC(=O)CCC)[C@@H](O)[C@@H](N)CO[C@H]1OC(CO)[C@H](O)[C@H](O)C1O. The molecule has 2 rings (SSSR count). The van der Waals surface area contributed by atoms with Gasteiger partial charge in [0, 0.05) is 12.8 Å². The number of hydrogen-bond donors (Lipinski definition) is 13. The van der Waals surface area contributed by atoms with Crippen molar-refractivity contribution in [3.05, 3.63) is 0 Å². The Labute approximate surface area is 455 Å². The van der Waals surface area contributed by atoms with Gasteiger partial charge >= 0.3 is 5.97 Å². The van der Waals surface area contributed by atoms with Crippen LogP contribution in [0.25, 0.3) is 0 Å². The number of aliphatic hydroxyl groups excluding tert-OH is 11. The molecule has 0 saturated carbocycles. The van der Waals surface area contributed by atoms with E-state index in [4.69, 9.17) is 29.4 Å². The molecule has 2 aliphatic rings. The topological polar surface area (TPSA) is 341 Å². The molecule has 20 heteroatoms. The predicted octanol–water partition coefficient (Wildman–Crippen LogP) is 4.20. The van der Waals surface area contributed by atoms with Crippen molar-refractivity contribution < 1.29 is 89.4 Å². The zero-order chi connectivity index (χ0) is 56.7. The summed E-state index contributed by atoms with van der Waals surface area (Å²) >= 11 is 0. The quantitative estimate of drug-likeness (QED) is 0.0300. The molecule has 0 radical (unpaired) electrons. The molecule has 1 amide bonds. The van der Waals surface area contributed by atoms with Gasteiger partial charge in [0.05, 0.1) is 44.6 Å². The second kappa shape index (κ2) is 45.0. The normalized spacial score (nSPS) is 26.2. The summed E-state index contributed by atoms with van der Waals surface area (Å²) in [6.07, 6.45) is 12.6. The van der Waals surface area contributed by atoms with Crippen molar-refractivity contribution in [2.24, 2.45) is 5.73 Å². The van der Waals surface area contributed by atoms with Crippen molar-refractivity contribution in [3.8, 4) is 0 Å². The zero-order valence-corrected chi connectivity index (χ0v) is 47.1. The Morgan fingerprint density at radius 1 is 0.487 bits per heavy atom. The highest BCUT2D eigenvalue weighted by molar-refractivity contribution is 5.76. The minimum Gasteiger partial charge on any atom is -0.460 e. The highest BCUT2D eigenvalue weighted by Crippen LogP contribution is 2.25. The van der Waals surface area contributed by atoms with E-state index in [1.165, 1.54) is 109 Å². The number of nitrogens with two attached hydrogens (primary N) is 1. The number of amides is 1. The van der Waals surface area contributed by atoms with Crippen molar-refractivity contribution in [3.63, 3.8) is 0 Å². The molecule has 0 aliphatic carbocycles. The van der Waals surface area contributed by atoms with Gasteiger partial charge in [-0.25, -0.2) is 0 Å². The summed E-state index contributed by atoms with van der Waals surface area (Å²) in [5.74, 6) is -0.705. The monoisotopic (exact) mass is 1100 g/mol. The standard InChI is InChI=1S/2C28H55NO9/c1-3-5-6-7-8-9-10-11-12-13-14-15-17-21(37-23(31)16-4-2)24(32)20(29)19-36-28-27(35)26(34)25(33)22(18-30)38-28;1-3-5-6-7-8-9-10-11-12-13-14-15-17-21(31)24(33)20(29-23(32)16-4-2)19-37-28-27(36)26(35)25(34)22(18-30)38-28/h20-22,24-28,30,32-35H,3-19,29H2,1-2H3;20-22,24-28,30-31,33-36H,3-19H2,1-2H3,(H,29,32)/t2*20-,21+,22?,24-,25-,26-,27?,28-/m00/s1. The smallest absolute Gasteiger partial charge is 0.306 e. The molecule has 14 N–H and O–H groups in total. The average Bonchev–Trinajstić information content (AvgIpc) is 3.41. The summed E-state index contributed by atoms with van der Waals surface area (Å²) in [6, 6.07) is -1.94. The van der Waals surface area contributed by atoms with E-state index in [0.717, 1.165) is 44.9 Å². The van der Waals surface area contributed by atoms with Gasteiger partial charge < -0.3 is 90.9 Å². The van der Waals surface area contributed by atoms with E-state index >= 15 is 0 Å². The maximum absolute atomic E-state index is 12.2. The fraction of sp³-hybridized carbons (Fsp3) is 0.964. The summed E-state index contributed by atoms with van der Waals surface area (Å²) in [7, 11) is 0. The summed E-state index contributed by atoms with van der Waals surface area (Å²) in [5.41, 5.74) is 6.13. The van der Waals surface area contributed by atoms with E-state index < -0.39 is 117 Å². The molecule has 76 heavy (non-hydrogen) atoms. The first kappa shape index (κ1) is 72.3. The summed E-state index contributed by atoms with van der Waals surface area (Å²) < 4.78 is 27.2. The second-order valence-corrected chi connectivity index (χ2v) is 21.3. The number of carbonyl (C=O) groups excluding carboxylic acids is 2. The Bertz CT molecular complexity index is 1390. The molecule has 0 bridgehead atoms. The van der Waals surface area contributed by atoms with Crippen molar-refractivity contribution >= 4 is 11.9 Å². The molecule has 2 fully saturated rings. The van der Waals surface area contributed by atoms with Gasteiger partial charge in [-0.1, -0.05) is 175 Å². The van der Waals surface area contributed by atoms with Crippen molar-refractivity contribution in [1.82, 2.24) is 5.32 Å². The Kier molecular flexibility index (Phi) is 42.8. The molecule has 4 unspecified atom stereocenters. The van der Waals surface area contributed by atoms with Crippen LogP contribution in [-0.2, 0) is 33.3 Å². The van der Waals surface area contributed by atoms with Gasteiger partial charge in [-0.2, -0.15) is 0 Å². The molecular weight excluding hydrogens is 989 g/mol. The lowest BCUT2D eigenvalue weighted by atomic mass is 9.98. The Balaban J connectivity index is 0.000000760. The van der Waals surface area contributed by atoms with Gasteiger partial charge in [0.25, 0.3) is 0 Å². The first-order chi connectivity index (χ1) is 36.5. The number of ether oxygens (including phenoxy) is 5. The van der Waals surface area contributed by atoms with Crippen LogP contribution >= 0.6 is 0 Å². The number of esters is 1. The lowest BCUT2D eigenvalue weighted by Crippen LogP contribution is -2.60. The molecule has 0 aromatic carbocycles. The van der Waals surface area contributed by atoms with Crippen LogP contribution < -0.4 is 11.1 Å². The summed E-state index contributed by atoms with van der Waals surface area (Å²) in [5, 5.41) is 114. The summed E-state index contributed by atoms with van der Waals surface area (Å²) in [4.78, 5) is 24.4. The zero-order valence-electron chi connectivity index (χ0n) is 47.1. The van der Waals surface area contributed by atoms with E-state index in [-0.39, 0.29) is 32.0 Å². The van der Waals surface area contributed by atoms with Crippen LogP contribution in [-0.4, -0.2) is 192 Å². The number of hydrogen-bond acceptors (Lipinski definition) is 19. The molecule has 2 saturated heterocycles. The first-order valence-corrected chi connectivity index (χ1v) is 29.7. The largest absolute Gasteiger partial charge is 0.460 e. The first-order valence-electron chi connectivity index (χ1n) is 29.7. The van der Waals surface area contributed by atoms with Crippen LogP contribution in [0.4, 0.5) is 0 Å². The van der Waals surface area contributed by atoms with Crippen LogP contribution in [0.15, 0.2) is 0 Å². The molecule has 2 aliphatic heterocycles. The van der Waals surface area contributed by atoms with Gasteiger partial charge in [-0.15, -0.1) is 0 Å². The molecule has 2 heterocycles. The van der Waals surface area contributed by atoms with Crippen molar-refractivity contribution in [2.75, 3.05) is 26.4 Å². The number of rotatable bonds is 44. The van der Waals surface area contributed by atoms with Gasteiger partial charge in [0.1, 0.15) is 67.1 Å². The summed E-state index contributed by atoms with van der Waals surface area (Å²) in [6.45, 7) is 6.44. The fourth-order valence-electron chi connectivity index (χ4n) is 9.47. The molecular formula is C56H110N2O18. The number of nitrogens with one attached hydrogen (secondary N) is 1. The highest BCUT2D eigenvalue weighted by atomic mass is 16.7. The van der Waals surface area contributed by atoms with E-state index in [0.29, 0.717) is 25.7 Å². The Hall–Kier alpha value is -1.70. The second-order valence-electron chi connectivity index (χ2n) is 21.3. The van der Waals surface area contributed by atoms with E-state index in [1.54, 1.807) is 0 Å². The third-order valence-electron chi connectivity index (χ3n) is 14.5. The lowest BCUT2D eigenvalue weighted by molar-refractivity contribution is -0.303. The molecule has 0 spiro atoms. The average molecular weight is 1100 g/mol. The number of unbranched alkanes of at least 4 members (excludes halogenated alkanes) is 22. The van der Waals surface area contributed by atoms with Crippen LogP contribution in [0.1, 0.15) is 220 Å². The van der Waals surface area contributed by atoms with Gasteiger partial charge in [-0.3, -0.25) is 9.59 Å². The van der Waals surface area contributed by atoms with E-state index in [2.05, 4.69) is 19.2 Å². The van der Waals surface area contributed by atoms with Crippen LogP contribution in [0, 0.1) is 0 Å². The van der Waals surface area contributed by atoms with E-state index in [1.807, 2.05) is 13.8 Å². The number of carbonyl (C=O) groups is 2. The highest BCUT2D eigenvalue weighted by Gasteiger charge is 2.46. The predicted molar refractivity (Wildman–Crippen MR) is 288 cm³/mol. The minimum absolute atomic E-state index is 0.234. The molecule has 452 valence electrons. The van der Waals surface area contributed by atoms with Crippen molar-refractivity contribution in [2.45, 2.75) is 318 Å². The number of aliphatic hydroxyl groups is 11. The van der Waals surface area contributed by atoms with Crippen LogP contribution in [0.3, 0.4) is 0 Å². The third kappa shape index (κ3) is 30.2. The van der Waals surface area contributed by atoms with Crippen LogP contribution in [0.5, 0.6) is 0 Å². The van der Waals surface area contributed by atoms with Crippen LogP contribution in [0.2, 0.25) is 0 Å². The molecule has 20 nitrogen and oxygen atoms in total. The maximum atomic E-state index is 12.2. The Morgan fingerprint density at radius 3 is 1.26 bits per heavy atom.